The Morgan fingerprint density at radius 3 is 2.60 bits per heavy atom. The summed E-state index contributed by atoms with van der Waals surface area (Å²) in [5, 5.41) is -0.0387. The van der Waals surface area contributed by atoms with Crippen LogP contribution < -0.4 is 0 Å². The topological polar surface area (TPSA) is 75.7 Å². The number of aromatic nitrogens is 3. The van der Waals surface area contributed by atoms with Gasteiger partial charge in [-0.2, -0.15) is 0 Å². The minimum Gasteiger partial charge on any atom is -0.328 e. The van der Waals surface area contributed by atoms with Gasteiger partial charge in [0.1, 0.15) is 0 Å². The van der Waals surface area contributed by atoms with E-state index in [1.807, 2.05) is 6.07 Å². The highest BCUT2D eigenvalue weighted by molar-refractivity contribution is 7.90. The van der Waals surface area contributed by atoms with E-state index >= 15 is 0 Å². The first-order valence-electron chi connectivity index (χ1n) is 4.24. The zero-order chi connectivity index (χ0) is 10.9. The third-order valence-electron chi connectivity index (χ3n) is 1.84. The Hall–Kier alpha value is -1.69. The predicted molar refractivity (Wildman–Crippen MR) is 54.9 cm³/mol. The molecule has 2 rings (SSSR count). The SMILES string of the molecule is CS(=O)(=O)c1ncc(-c2ccccn2)[nH]1. The number of nitrogens with one attached hydrogen (secondary N) is 1. The maximum Gasteiger partial charge on any atom is 0.225 e. The summed E-state index contributed by atoms with van der Waals surface area (Å²) in [6, 6.07) is 5.39. The van der Waals surface area contributed by atoms with E-state index in [2.05, 4.69) is 15.0 Å². The molecule has 0 saturated carbocycles. The molecule has 0 unspecified atom stereocenters. The van der Waals surface area contributed by atoms with Gasteiger partial charge >= 0.3 is 0 Å². The van der Waals surface area contributed by atoms with Gasteiger partial charge in [0.15, 0.2) is 0 Å². The molecule has 0 amide bonds. The molecule has 0 aliphatic carbocycles. The van der Waals surface area contributed by atoms with E-state index in [1.165, 1.54) is 6.20 Å². The molecule has 1 N–H and O–H groups in total. The maximum atomic E-state index is 11.2. The molecule has 0 aliphatic heterocycles. The maximum absolute atomic E-state index is 11.2. The van der Waals surface area contributed by atoms with Gasteiger partial charge in [0, 0.05) is 12.5 Å². The van der Waals surface area contributed by atoms with Gasteiger partial charge in [-0.1, -0.05) is 6.07 Å². The molecule has 2 aromatic heterocycles. The summed E-state index contributed by atoms with van der Waals surface area (Å²) in [4.78, 5) is 10.6. The van der Waals surface area contributed by atoms with Crippen LogP contribution in [0.25, 0.3) is 11.4 Å². The van der Waals surface area contributed by atoms with Gasteiger partial charge in [-0.25, -0.2) is 13.4 Å². The predicted octanol–water partition coefficient (Wildman–Crippen LogP) is 0.875. The second-order valence-electron chi connectivity index (χ2n) is 3.09. The summed E-state index contributed by atoms with van der Waals surface area (Å²) < 4.78 is 22.3. The fourth-order valence-corrected chi connectivity index (χ4v) is 1.68. The van der Waals surface area contributed by atoms with Crippen LogP contribution in [0.4, 0.5) is 0 Å². The van der Waals surface area contributed by atoms with Crippen molar-refractivity contribution in [3.8, 4) is 11.4 Å². The van der Waals surface area contributed by atoms with Crippen molar-refractivity contribution in [3.63, 3.8) is 0 Å². The van der Waals surface area contributed by atoms with Crippen LogP contribution in [0.15, 0.2) is 35.7 Å². The van der Waals surface area contributed by atoms with Gasteiger partial charge in [-0.05, 0) is 12.1 Å². The zero-order valence-electron chi connectivity index (χ0n) is 8.01. The zero-order valence-corrected chi connectivity index (χ0v) is 8.82. The third kappa shape index (κ3) is 2.04. The Bertz CT molecular complexity index is 560. The van der Waals surface area contributed by atoms with Crippen molar-refractivity contribution in [3.05, 3.63) is 30.6 Å². The van der Waals surface area contributed by atoms with Crippen LogP contribution >= 0.6 is 0 Å². The number of aromatic amines is 1. The lowest BCUT2D eigenvalue weighted by molar-refractivity contribution is 0.595. The number of nitrogens with zero attached hydrogens (tertiary/aromatic N) is 2. The van der Waals surface area contributed by atoms with Crippen LogP contribution in [0.1, 0.15) is 0 Å². The first-order chi connectivity index (χ1) is 7.07. The molecule has 0 spiro atoms. The van der Waals surface area contributed by atoms with Crippen LogP contribution in [0.5, 0.6) is 0 Å². The van der Waals surface area contributed by atoms with Crippen molar-refractivity contribution in [2.75, 3.05) is 6.26 Å². The van der Waals surface area contributed by atoms with Gasteiger partial charge in [0.05, 0.1) is 17.6 Å². The van der Waals surface area contributed by atoms with Crippen molar-refractivity contribution in [1.82, 2.24) is 15.0 Å². The fourth-order valence-electron chi connectivity index (χ4n) is 1.14. The van der Waals surface area contributed by atoms with Crippen LogP contribution in [0.3, 0.4) is 0 Å². The summed E-state index contributed by atoms with van der Waals surface area (Å²) >= 11 is 0. The number of rotatable bonds is 2. The minimum atomic E-state index is -3.28. The smallest absolute Gasteiger partial charge is 0.225 e. The van der Waals surface area contributed by atoms with E-state index in [4.69, 9.17) is 0 Å². The Balaban J connectivity index is 2.46. The van der Waals surface area contributed by atoms with E-state index in [9.17, 15) is 8.42 Å². The standard InChI is InChI=1S/C9H9N3O2S/c1-15(13,14)9-11-6-8(12-9)7-4-2-3-5-10-7/h2-6H,1H3,(H,11,12). The molecule has 78 valence electrons. The largest absolute Gasteiger partial charge is 0.328 e. The third-order valence-corrected chi connectivity index (χ3v) is 2.75. The molecular formula is C9H9N3O2S. The Morgan fingerprint density at radius 1 is 1.27 bits per heavy atom. The lowest BCUT2D eigenvalue weighted by atomic mass is 10.3. The highest BCUT2D eigenvalue weighted by atomic mass is 32.2. The lowest BCUT2D eigenvalue weighted by Gasteiger charge is -1.94. The summed E-state index contributed by atoms with van der Waals surface area (Å²) in [6.45, 7) is 0. The van der Waals surface area contributed by atoms with Crippen LogP contribution in [-0.4, -0.2) is 29.6 Å². The molecule has 15 heavy (non-hydrogen) atoms. The highest BCUT2D eigenvalue weighted by Crippen LogP contribution is 2.14. The van der Waals surface area contributed by atoms with Crippen LogP contribution in [-0.2, 0) is 9.84 Å². The molecular weight excluding hydrogens is 214 g/mol. The quantitative estimate of drug-likeness (QED) is 0.819. The van der Waals surface area contributed by atoms with Crippen molar-refractivity contribution in [2.24, 2.45) is 0 Å². The van der Waals surface area contributed by atoms with Gasteiger partial charge in [0.2, 0.25) is 15.0 Å². The number of hydrogen-bond acceptors (Lipinski definition) is 4. The van der Waals surface area contributed by atoms with Crippen LogP contribution in [0.2, 0.25) is 0 Å². The summed E-state index contributed by atoms with van der Waals surface area (Å²) in [5.41, 5.74) is 1.26. The van der Waals surface area contributed by atoms with E-state index in [1.54, 1.807) is 18.3 Å². The molecule has 0 atom stereocenters. The number of sulfone groups is 1. The normalized spacial score (nSPS) is 11.5. The molecule has 0 radical (unpaired) electrons. The van der Waals surface area contributed by atoms with Gasteiger partial charge in [-0.15, -0.1) is 0 Å². The average molecular weight is 223 g/mol. The van der Waals surface area contributed by atoms with Crippen LogP contribution in [0, 0.1) is 0 Å². The van der Waals surface area contributed by atoms with Gasteiger partial charge in [-0.3, -0.25) is 4.98 Å². The van der Waals surface area contributed by atoms with Crippen molar-refractivity contribution in [2.45, 2.75) is 5.16 Å². The van der Waals surface area contributed by atoms with E-state index in [-0.39, 0.29) is 5.16 Å². The summed E-state index contributed by atoms with van der Waals surface area (Å²) in [6.07, 6.45) is 4.20. The fraction of sp³-hybridized carbons (Fsp3) is 0.111. The molecule has 0 aromatic carbocycles. The number of H-pyrrole nitrogens is 1. The van der Waals surface area contributed by atoms with E-state index < -0.39 is 9.84 Å². The first kappa shape index (κ1) is 9.85. The number of pyridine rings is 1. The molecule has 0 bridgehead atoms. The molecule has 0 fully saturated rings. The summed E-state index contributed by atoms with van der Waals surface area (Å²) in [5.74, 6) is 0. The van der Waals surface area contributed by atoms with Gasteiger partial charge < -0.3 is 4.98 Å². The lowest BCUT2D eigenvalue weighted by Crippen LogP contribution is -1.99. The Kier molecular flexibility index (Phi) is 2.28. The second-order valence-corrected chi connectivity index (χ2v) is 5.02. The van der Waals surface area contributed by atoms with Crippen molar-refractivity contribution in [1.29, 1.82) is 0 Å². The number of imidazole rings is 1. The van der Waals surface area contributed by atoms with Crippen molar-refractivity contribution < 1.29 is 8.42 Å². The molecule has 6 heteroatoms. The molecule has 2 aromatic rings. The van der Waals surface area contributed by atoms with E-state index in [0.29, 0.717) is 11.4 Å². The van der Waals surface area contributed by atoms with Gasteiger partial charge in [0.25, 0.3) is 0 Å². The molecule has 5 nitrogen and oxygen atoms in total. The highest BCUT2D eigenvalue weighted by Gasteiger charge is 2.12. The van der Waals surface area contributed by atoms with E-state index in [0.717, 1.165) is 6.26 Å². The Labute approximate surface area is 87.1 Å². The Morgan fingerprint density at radius 2 is 2.07 bits per heavy atom. The summed E-state index contributed by atoms with van der Waals surface area (Å²) in [7, 11) is -3.28. The molecule has 2 heterocycles. The van der Waals surface area contributed by atoms with Crippen molar-refractivity contribution >= 4 is 9.84 Å². The second kappa shape index (κ2) is 3.47. The number of hydrogen-bond donors (Lipinski definition) is 1. The monoisotopic (exact) mass is 223 g/mol. The first-order valence-corrected chi connectivity index (χ1v) is 6.13. The molecule has 0 aliphatic rings. The average Bonchev–Trinajstić information content (AvgIpc) is 2.67. The molecule has 0 saturated heterocycles. The minimum absolute atomic E-state index is 0.0387.